The molecule has 0 aromatic heterocycles. The third-order valence-electron chi connectivity index (χ3n) is 3.21. The Bertz CT molecular complexity index is 476. The number of hydrogen-bond donors (Lipinski definition) is 1. The van der Waals surface area contributed by atoms with Crippen LogP contribution in [0.5, 0.6) is 0 Å². The molecule has 3 nitrogen and oxygen atoms in total. The first kappa shape index (κ1) is 13.5. The van der Waals surface area contributed by atoms with Gasteiger partial charge in [-0.15, -0.1) is 0 Å². The van der Waals surface area contributed by atoms with Gasteiger partial charge in [0.15, 0.2) is 0 Å². The van der Waals surface area contributed by atoms with Gasteiger partial charge in [0, 0.05) is 24.1 Å². The van der Waals surface area contributed by atoms with Gasteiger partial charge in [0.05, 0.1) is 11.1 Å². The lowest BCUT2D eigenvalue weighted by molar-refractivity contribution is 0.0473. The van der Waals surface area contributed by atoms with Crippen LogP contribution in [-0.2, 0) is 0 Å². The van der Waals surface area contributed by atoms with Crippen molar-refractivity contribution in [2.45, 2.75) is 19.4 Å². The van der Waals surface area contributed by atoms with E-state index in [0.29, 0.717) is 11.0 Å². The number of benzene rings is 1. The van der Waals surface area contributed by atoms with Crippen molar-refractivity contribution in [3.8, 4) is 0 Å². The van der Waals surface area contributed by atoms with Gasteiger partial charge in [0.1, 0.15) is 5.82 Å². The highest BCUT2D eigenvalue weighted by molar-refractivity contribution is 9.10. The van der Waals surface area contributed by atoms with Gasteiger partial charge in [-0.1, -0.05) is 15.9 Å². The summed E-state index contributed by atoms with van der Waals surface area (Å²) in [6, 6.07) is 4.54. The summed E-state index contributed by atoms with van der Waals surface area (Å²) in [7, 11) is 0. The minimum absolute atomic E-state index is 0.133. The van der Waals surface area contributed by atoms with Crippen molar-refractivity contribution in [1.82, 2.24) is 10.2 Å². The van der Waals surface area contributed by atoms with Crippen LogP contribution < -0.4 is 5.32 Å². The molecule has 0 unspecified atom stereocenters. The number of carbonyl (C=O) groups is 1. The maximum atomic E-state index is 13.8. The van der Waals surface area contributed by atoms with E-state index in [9.17, 15) is 9.18 Å². The molecule has 98 valence electrons. The quantitative estimate of drug-likeness (QED) is 0.863. The minimum atomic E-state index is -0.483. The molecule has 0 spiro atoms. The van der Waals surface area contributed by atoms with E-state index in [1.165, 1.54) is 12.1 Å². The topological polar surface area (TPSA) is 32.3 Å². The molecule has 1 N–H and O–H groups in total. The van der Waals surface area contributed by atoms with Crippen molar-refractivity contribution in [2.24, 2.45) is 0 Å². The Morgan fingerprint density at radius 3 is 2.83 bits per heavy atom. The predicted octanol–water partition coefficient (Wildman–Crippen LogP) is 2.41. The number of nitrogens with one attached hydrogen (secondary N) is 1. The Labute approximate surface area is 114 Å². The van der Waals surface area contributed by atoms with E-state index in [4.69, 9.17) is 0 Å². The zero-order valence-electron chi connectivity index (χ0n) is 10.5. The standard InChI is InChI=1S/C13H16BrFN2O/c1-13(2)8-16-5-6-17(13)12(18)10-4-3-9(14)7-11(10)15/h3-4,7,16H,5-6,8H2,1-2H3. The third kappa shape index (κ3) is 2.57. The van der Waals surface area contributed by atoms with E-state index in [2.05, 4.69) is 21.2 Å². The maximum absolute atomic E-state index is 13.8. The molecule has 0 radical (unpaired) electrons. The molecule has 1 aromatic rings. The van der Waals surface area contributed by atoms with Crippen molar-refractivity contribution in [3.63, 3.8) is 0 Å². The fraction of sp³-hybridized carbons (Fsp3) is 0.462. The van der Waals surface area contributed by atoms with Crippen molar-refractivity contribution in [2.75, 3.05) is 19.6 Å². The molecule has 0 saturated carbocycles. The molecule has 1 amide bonds. The van der Waals surface area contributed by atoms with Crippen LogP contribution in [0.15, 0.2) is 22.7 Å². The summed E-state index contributed by atoms with van der Waals surface area (Å²) in [5.74, 6) is -0.727. The smallest absolute Gasteiger partial charge is 0.257 e. The second-order valence-corrected chi connectivity index (χ2v) is 5.99. The van der Waals surface area contributed by atoms with E-state index >= 15 is 0 Å². The van der Waals surface area contributed by atoms with E-state index in [-0.39, 0.29) is 17.0 Å². The zero-order chi connectivity index (χ0) is 13.3. The van der Waals surface area contributed by atoms with Crippen LogP contribution in [0, 0.1) is 5.82 Å². The predicted molar refractivity (Wildman–Crippen MR) is 72.1 cm³/mol. The third-order valence-corrected chi connectivity index (χ3v) is 3.70. The van der Waals surface area contributed by atoms with E-state index in [0.717, 1.165) is 13.1 Å². The Kier molecular flexibility index (Phi) is 3.73. The second kappa shape index (κ2) is 4.97. The molecule has 1 aliphatic rings. The largest absolute Gasteiger partial charge is 0.331 e. The maximum Gasteiger partial charge on any atom is 0.257 e. The molecule has 5 heteroatoms. The summed E-state index contributed by atoms with van der Waals surface area (Å²) in [5.41, 5.74) is -0.164. The number of piperazine rings is 1. The van der Waals surface area contributed by atoms with Gasteiger partial charge in [-0.3, -0.25) is 4.79 Å². The van der Waals surface area contributed by atoms with Crippen molar-refractivity contribution >= 4 is 21.8 Å². The van der Waals surface area contributed by atoms with Crippen LogP contribution in [0.1, 0.15) is 24.2 Å². The normalized spacial score (nSPS) is 18.8. The second-order valence-electron chi connectivity index (χ2n) is 5.07. The number of hydrogen-bond acceptors (Lipinski definition) is 2. The van der Waals surface area contributed by atoms with E-state index in [1.807, 2.05) is 13.8 Å². The number of rotatable bonds is 1. The molecule has 1 heterocycles. The molecular weight excluding hydrogens is 299 g/mol. The lowest BCUT2D eigenvalue weighted by atomic mass is 9.98. The zero-order valence-corrected chi connectivity index (χ0v) is 12.1. The summed E-state index contributed by atoms with van der Waals surface area (Å²) in [5, 5.41) is 3.24. The molecule has 0 aliphatic carbocycles. The van der Waals surface area contributed by atoms with Crippen LogP contribution in [-0.4, -0.2) is 36.0 Å². The average molecular weight is 315 g/mol. The number of amides is 1. The molecule has 0 atom stereocenters. The summed E-state index contributed by atoms with van der Waals surface area (Å²) in [6.07, 6.45) is 0. The first-order valence-corrected chi connectivity index (χ1v) is 6.69. The van der Waals surface area contributed by atoms with Crippen LogP contribution in [0.2, 0.25) is 0 Å². The Balaban J connectivity index is 2.30. The molecule has 1 aromatic carbocycles. The van der Waals surface area contributed by atoms with E-state index < -0.39 is 5.82 Å². The number of nitrogens with zero attached hydrogens (tertiary/aromatic N) is 1. The molecular formula is C13H16BrFN2O. The highest BCUT2D eigenvalue weighted by Crippen LogP contribution is 2.22. The lowest BCUT2D eigenvalue weighted by Crippen LogP contribution is -2.59. The highest BCUT2D eigenvalue weighted by Gasteiger charge is 2.34. The molecule has 1 fully saturated rings. The first-order chi connectivity index (χ1) is 8.42. The number of halogens is 2. The molecule has 0 bridgehead atoms. The minimum Gasteiger partial charge on any atom is -0.331 e. The van der Waals surface area contributed by atoms with Crippen LogP contribution in [0.3, 0.4) is 0 Å². The first-order valence-electron chi connectivity index (χ1n) is 5.89. The lowest BCUT2D eigenvalue weighted by Gasteiger charge is -2.42. The van der Waals surface area contributed by atoms with Gasteiger partial charge in [-0.25, -0.2) is 4.39 Å². The number of carbonyl (C=O) groups excluding carboxylic acids is 1. The van der Waals surface area contributed by atoms with Gasteiger partial charge in [0.25, 0.3) is 5.91 Å². The summed E-state index contributed by atoms with van der Waals surface area (Å²) in [6.45, 7) is 6.02. The summed E-state index contributed by atoms with van der Waals surface area (Å²) >= 11 is 3.19. The highest BCUT2D eigenvalue weighted by atomic mass is 79.9. The molecule has 2 rings (SSSR count). The van der Waals surface area contributed by atoms with Crippen molar-refractivity contribution < 1.29 is 9.18 Å². The van der Waals surface area contributed by atoms with Gasteiger partial charge in [0.2, 0.25) is 0 Å². The Morgan fingerprint density at radius 2 is 2.22 bits per heavy atom. The van der Waals surface area contributed by atoms with Gasteiger partial charge < -0.3 is 10.2 Å². The van der Waals surface area contributed by atoms with Crippen molar-refractivity contribution in [3.05, 3.63) is 34.1 Å². The SMILES string of the molecule is CC1(C)CNCCN1C(=O)c1ccc(Br)cc1F. The van der Waals surface area contributed by atoms with Gasteiger partial charge in [-0.05, 0) is 32.0 Å². The fourth-order valence-electron chi connectivity index (χ4n) is 2.17. The van der Waals surface area contributed by atoms with Crippen LogP contribution >= 0.6 is 15.9 Å². The molecule has 1 saturated heterocycles. The molecule has 18 heavy (non-hydrogen) atoms. The Morgan fingerprint density at radius 1 is 1.50 bits per heavy atom. The monoisotopic (exact) mass is 314 g/mol. The summed E-state index contributed by atoms with van der Waals surface area (Å²) in [4.78, 5) is 14.1. The van der Waals surface area contributed by atoms with Crippen LogP contribution in [0.25, 0.3) is 0 Å². The van der Waals surface area contributed by atoms with E-state index in [1.54, 1.807) is 11.0 Å². The van der Waals surface area contributed by atoms with Gasteiger partial charge >= 0.3 is 0 Å². The average Bonchev–Trinajstić information content (AvgIpc) is 2.27. The fourth-order valence-corrected chi connectivity index (χ4v) is 2.50. The van der Waals surface area contributed by atoms with Crippen LogP contribution in [0.4, 0.5) is 4.39 Å². The van der Waals surface area contributed by atoms with Gasteiger partial charge in [-0.2, -0.15) is 0 Å². The molecule has 1 aliphatic heterocycles. The summed E-state index contributed by atoms with van der Waals surface area (Å²) < 4.78 is 14.4. The van der Waals surface area contributed by atoms with Crippen molar-refractivity contribution in [1.29, 1.82) is 0 Å². The Hall–Kier alpha value is -0.940.